The van der Waals surface area contributed by atoms with Gasteiger partial charge < -0.3 is 10.4 Å². The van der Waals surface area contributed by atoms with Crippen molar-refractivity contribution in [3.8, 4) is 0 Å². The molecule has 0 saturated carbocycles. The normalized spacial score (nSPS) is 13.6. The molecule has 0 saturated heterocycles. The van der Waals surface area contributed by atoms with Gasteiger partial charge in [-0.05, 0) is 18.1 Å². The maximum absolute atomic E-state index is 12.5. The standard InChI is InChI=1S/C15H19N5O3/c1-3-9(2)13(12(21)8-18-16)19-14(22)10-6-4-5-7-11(10)15(23)20-17/h4-9,13,16-17H,3H2,1-2H3,(H2,19,21,22)/p+1/t9-,13-/m1/s1. The van der Waals surface area contributed by atoms with E-state index >= 15 is 0 Å². The van der Waals surface area contributed by atoms with E-state index < -0.39 is 17.9 Å². The molecular formula is C15H20N5O3+. The van der Waals surface area contributed by atoms with Crippen LogP contribution in [0.1, 0.15) is 41.0 Å². The molecule has 8 nitrogen and oxygen atoms in total. The number of hydrogen-bond acceptors (Lipinski definition) is 5. The van der Waals surface area contributed by atoms with Crippen molar-refractivity contribution in [1.29, 1.82) is 5.39 Å². The Hall–Kier alpha value is -2.92. The van der Waals surface area contributed by atoms with Gasteiger partial charge in [-0.3, -0.25) is 15.0 Å². The van der Waals surface area contributed by atoms with Crippen molar-refractivity contribution in [3.63, 3.8) is 0 Å². The van der Waals surface area contributed by atoms with Crippen LogP contribution < -0.4 is 16.6 Å². The molecule has 5 N–H and O–H groups in total. The molecule has 0 fully saturated rings. The number of nitrogen functional groups attached to an aromatic ring is 1. The lowest BCUT2D eigenvalue weighted by Gasteiger charge is -2.22. The second kappa shape index (κ2) is 8.51. The number of diazo groups is 1. The van der Waals surface area contributed by atoms with Crippen molar-refractivity contribution in [2.75, 3.05) is 0 Å². The number of nitrogens with two attached hydrogens (primary N) is 1. The van der Waals surface area contributed by atoms with E-state index in [0.717, 1.165) is 6.20 Å². The van der Waals surface area contributed by atoms with Crippen LogP contribution in [0.3, 0.4) is 0 Å². The average Bonchev–Trinajstić information content (AvgIpc) is 2.58. The van der Waals surface area contributed by atoms with Crippen LogP contribution in [0.5, 0.6) is 0 Å². The predicted octanol–water partition coefficient (Wildman–Crippen LogP) is 1.69. The molecule has 1 aromatic carbocycles. The van der Waals surface area contributed by atoms with Gasteiger partial charge in [-0.25, -0.2) is 5.84 Å². The van der Waals surface area contributed by atoms with E-state index in [1.165, 1.54) is 12.1 Å². The first-order valence-electron chi connectivity index (χ1n) is 7.10. The summed E-state index contributed by atoms with van der Waals surface area (Å²) in [7, 11) is 0. The van der Waals surface area contributed by atoms with Crippen LogP contribution >= 0.6 is 0 Å². The molecule has 23 heavy (non-hydrogen) atoms. The number of hydrogen-bond donors (Lipinski definition) is 4. The molecule has 0 unspecified atom stereocenters. The molecule has 122 valence electrons. The van der Waals surface area contributed by atoms with Gasteiger partial charge in [-0.15, -0.1) is 0 Å². The highest BCUT2D eigenvalue weighted by atomic mass is 16.3. The molecule has 2 atom stereocenters. The van der Waals surface area contributed by atoms with Gasteiger partial charge in [0.25, 0.3) is 11.8 Å². The van der Waals surface area contributed by atoms with E-state index in [1.54, 1.807) is 12.1 Å². The second-order valence-corrected chi connectivity index (χ2v) is 5.03. The highest BCUT2D eigenvalue weighted by Gasteiger charge is 2.27. The van der Waals surface area contributed by atoms with Crippen molar-refractivity contribution in [2.45, 2.75) is 26.3 Å². The Morgan fingerprint density at radius 3 is 2.39 bits per heavy atom. The number of nitrogens with zero attached hydrogens (tertiary/aromatic N) is 2. The smallest absolute Gasteiger partial charge is 0.389 e. The van der Waals surface area contributed by atoms with E-state index in [0.29, 0.717) is 6.42 Å². The van der Waals surface area contributed by atoms with Crippen molar-refractivity contribution >= 4 is 11.8 Å². The zero-order valence-electron chi connectivity index (χ0n) is 13.0. The number of carbonyl (C=O) groups excluding carboxylic acids is 2. The lowest BCUT2D eigenvalue weighted by Crippen LogP contribution is -2.42. The number of carbonyl (C=O) groups is 2. The third-order valence-corrected chi connectivity index (χ3v) is 3.56. The molecule has 0 radical (unpaired) electrons. The van der Waals surface area contributed by atoms with Crippen LogP contribution in [-0.4, -0.2) is 23.0 Å². The highest BCUT2D eigenvalue weighted by Crippen LogP contribution is 2.16. The zero-order valence-corrected chi connectivity index (χ0v) is 13.0. The fourth-order valence-electron chi connectivity index (χ4n) is 2.06. The van der Waals surface area contributed by atoms with Crippen molar-refractivity contribution in [3.05, 3.63) is 52.3 Å². The fourth-order valence-corrected chi connectivity index (χ4v) is 2.06. The third kappa shape index (κ3) is 4.52. The minimum atomic E-state index is -0.752. The number of amides is 2. The summed E-state index contributed by atoms with van der Waals surface area (Å²) in [4.78, 5) is 27.0. The predicted molar refractivity (Wildman–Crippen MR) is 84.6 cm³/mol. The van der Waals surface area contributed by atoms with Gasteiger partial charge >= 0.3 is 6.20 Å². The van der Waals surface area contributed by atoms with Gasteiger partial charge in [0, 0.05) is 0 Å². The van der Waals surface area contributed by atoms with E-state index in [9.17, 15) is 14.7 Å². The lowest BCUT2D eigenvalue weighted by molar-refractivity contribution is 0.0898. The van der Waals surface area contributed by atoms with Gasteiger partial charge in [0.1, 0.15) is 0 Å². The molecule has 0 spiro atoms. The summed E-state index contributed by atoms with van der Waals surface area (Å²) in [6.45, 7) is 3.72. The second-order valence-electron chi connectivity index (χ2n) is 5.03. The maximum atomic E-state index is 12.5. The molecule has 0 heterocycles. The van der Waals surface area contributed by atoms with Crippen LogP contribution in [0.2, 0.25) is 0 Å². The Bertz CT molecular complexity index is 651. The van der Waals surface area contributed by atoms with Gasteiger partial charge in [0.2, 0.25) is 11.2 Å². The molecule has 8 heteroatoms. The summed E-state index contributed by atoms with van der Waals surface area (Å²) >= 11 is 0. The Labute approximate surface area is 134 Å². The van der Waals surface area contributed by atoms with Crippen molar-refractivity contribution in [2.24, 2.45) is 11.8 Å². The van der Waals surface area contributed by atoms with Crippen LogP contribution in [0.15, 0.2) is 36.2 Å². The molecule has 1 aromatic rings. The molecule has 2 amide bonds. The number of rotatable bonds is 6. The summed E-state index contributed by atoms with van der Waals surface area (Å²) in [6, 6.07) is 5.41. The molecule has 0 bridgehead atoms. The maximum Gasteiger partial charge on any atom is 0.389 e. The molecule has 0 aliphatic carbocycles. The van der Waals surface area contributed by atoms with Gasteiger partial charge in [-0.1, -0.05) is 32.4 Å². The Kier molecular flexibility index (Phi) is 6.70. The molecular weight excluding hydrogens is 298 g/mol. The first-order chi connectivity index (χ1) is 11.0. The number of nitrogens with one attached hydrogen (secondary N) is 2. The number of benzene rings is 1. The first-order valence-corrected chi connectivity index (χ1v) is 7.10. The summed E-state index contributed by atoms with van der Waals surface area (Å²) in [5.74, 6) is 3.57. The topological polar surface area (TPSA) is 133 Å². The highest BCUT2D eigenvalue weighted by molar-refractivity contribution is 6.07. The first kappa shape index (κ1) is 18.1. The van der Waals surface area contributed by atoms with Crippen molar-refractivity contribution < 1.29 is 14.7 Å². The number of aliphatic hydroxyl groups excluding tert-OH is 1. The zero-order chi connectivity index (χ0) is 17.4. The Morgan fingerprint density at radius 2 is 1.91 bits per heavy atom. The van der Waals surface area contributed by atoms with E-state index in [4.69, 9.17) is 11.2 Å². The minimum absolute atomic E-state index is 0.116. The van der Waals surface area contributed by atoms with E-state index in [1.807, 2.05) is 19.3 Å². The van der Waals surface area contributed by atoms with Crippen LogP contribution in [-0.2, 0) is 0 Å². The molecule has 0 aliphatic rings. The summed E-state index contributed by atoms with van der Waals surface area (Å²) < 4.78 is 0. The number of aliphatic hydroxyl groups is 1. The summed E-state index contributed by atoms with van der Waals surface area (Å²) in [5.41, 5.74) is 2.22. The van der Waals surface area contributed by atoms with Crippen LogP contribution in [0.4, 0.5) is 0 Å². The average molecular weight is 318 g/mol. The van der Waals surface area contributed by atoms with Crippen LogP contribution in [0, 0.1) is 11.3 Å². The van der Waals surface area contributed by atoms with E-state index in [-0.39, 0.29) is 22.8 Å². The third-order valence-electron chi connectivity index (χ3n) is 3.56. The van der Waals surface area contributed by atoms with Crippen LogP contribution in [0.25, 0.3) is 4.98 Å². The molecule has 1 rings (SSSR count). The van der Waals surface area contributed by atoms with Gasteiger partial charge in [0.15, 0.2) is 4.98 Å². The van der Waals surface area contributed by atoms with Gasteiger partial charge in [0.05, 0.1) is 17.2 Å². The van der Waals surface area contributed by atoms with E-state index in [2.05, 4.69) is 10.3 Å². The van der Waals surface area contributed by atoms with Gasteiger partial charge in [-0.2, -0.15) is 0 Å². The quantitative estimate of drug-likeness (QED) is 0.208. The minimum Gasteiger partial charge on any atom is -0.504 e. The van der Waals surface area contributed by atoms with Crippen molar-refractivity contribution in [1.82, 2.24) is 10.7 Å². The monoisotopic (exact) mass is 318 g/mol. The summed E-state index contributed by atoms with van der Waals surface area (Å²) in [5, 5.41) is 21.1. The molecule has 0 aliphatic heterocycles. The Balaban J connectivity index is 3.12. The largest absolute Gasteiger partial charge is 0.504 e. The lowest BCUT2D eigenvalue weighted by atomic mass is 9.96. The fraction of sp³-hybridized carbons (Fsp3) is 0.333. The number of hydrazine groups is 1. The summed E-state index contributed by atoms with van der Waals surface area (Å²) in [6.07, 6.45) is 1.52. The Morgan fingerprint density at radius 1 is 1.35 bits per heavy atom. The SMILES string of the molecule is CC[C@@H](C)[C@@H](NC(=O)c1ccccc1C(=O)NN)C(O)=C[N+]#N. The molecule has 0 aromatic heterocycles.